The maximum atomic E-state index is 2.63. The first-order chi connectivity index (χ1) is 10.5. The van der Waals surface area contributed by atoms with E-state index in [4.69, 9.17) is 0 Å². The summed E-state index contributed by atoms with van der Waals surface area (Å²) < 4.78 is 1.26. The van der Waals surface area contributed by atoms with Crippen molar-refractivity contribution in [1.82, 2.24) is 0 Å². The molecule has 2 aromatic carbocycles. The van der Waals surface area contributed by atoms with E-state index in [1.54, 1.807) is 11.1 Å². The minimum absolute atomic E-state index is 0. The zero-order chi connectivity index (χ0) is 15.4. The van der Waals surface area contributed by atoms with Gasteiger partial charge in [-0.15, -0.1) is 34.0 Å². The quantitative estimate of drug-likeness (QED) is 0.444. The third-order valence-electron chi connectivity index (χ3n) is 5.64. The van der Waals surface area contributed by atoms with E-state index in [1.165, 1.54) is 11.1 Å². The third kappa shape index (κ3) is 3.03. The van der Waals surface area contributed by atoms with E-state index in [9.17, 15) is 0 Å². The van der Waals surface area contributed by atoms with Crippen LogP contribution in [0.2, 0.25) is 10.5 Å². The predicted molar refractivity (Wildman–Crippen MR) is 117 cm³/mol. The van der Waals surface area contributed by atoms with Gasteiger partial charge in [-0.3, -0.25) is 0 Å². The van der Waals surface area contributed by atoms with Gasteiger partial charge in [-0.05, 0) is 0 Å². The van der Waals surface area contributed by atoms with Crippen LogP contribution in [0.5, 0.6) is 0 Å². The SMILES string of the molecule is Br.Br.[CH3][Ti]([CH3])(=[SiH2])([CH]1C=Cc2ccccc21)[CH]1C=Cc2ccccc21. The molecule has 0 nitrogen and oxygen atoms in total. The fraction of sp³-hybridized carbons (Fsp3) is 0.200. The van der Waals surface area contributed by atoms with Crippen molar-refractivity contribution >= 4 is 53.7 Å². The standard InChI is InChI=1S/2C9H7.2CH3.2BrH.H2Si.Ti/c2*1-2-5-9-7-3-6-8(9)4-1;;;;;;/h2*1-7H;2*1H3;2*1H;1H2;. The van der Waals surface area contributed by atoms with E-state index in [-0.39, 0.29) is 34.0 Å². The van der Waals surface area contributed by atoms with Gasteiger partial charge in [-0.1, -0.05) is 0 Å². The molecule has 0 aliphatic heterocycles. The molecule has 0 spiro atoms. The van der Waals surface area contributed by atoms with Crippen LogP contribution in [-0.2, 0) is 14.0 Å². The van der Waals surface area contributed by atoms with Crippen molar-refractivity contribution in [2.24, 2.45) is 0 Å². The van der Waals surface area contributed by atoms with Crippen molar-refractivity contribution in [3.05, 3.63) is 82.9 Å². The topological polar surface area (TPSA) is 0 Å². The van der Waals surface area contributed by atoms with E-state index < -0.39 is 14.0 Å². The van der Waals surface area contributed by atoms with Crippen molar-refractivity contribution in [2.75, 3.05) is 0 Å². The average molecular weight is 500 g/mol. The summed E-state index contributed by atoms with van der Waals surface area (Å²) in [5.74, 6) is 0. The number of fused-ring (bicyclic) bond motifs is 2. The molecule has 4 heteroatoms. The second-order valence-corrected chi connectivity index (χ2v) is 28.2. The number of halogens is 2. The molecule has 126 valence electrons. The molecule has 0 radical (unpaired) electrons. The van der Waals surface area contributed by atoms with Crippen LogP contribution in [-0.4, -0.2) is 7.63 Å². The molecule has 2 atom stereocenters. The normalized spacial score (nSPS) is 20.8. The Morgan fingerprint density at radius 3 is 1.50 bits per heavy atom. The van der Waals surface area contributed by atoms with Crippen molar-refractivity contribution in [3.63, 3.8) is 0 Å². The molecular weight excluding hydrogens is 476 g/mol. The zero-order valence-electron chi connectivity index (χ0n) is 14.1. The summed E-state index contributed by atoms with van der Waals surface area (Å²) in [5, 5.41) is 5.26. The molecule has 24 heavy (non-hydrogen) atoms. The van der Waals surface area contributed by atoms with Gasteiger partial charge in [-0.2, -0.15) is 0 Å². The Morgan fingerprint density at radius 2 is 1.08 bits per heavy atom. The number of hydrogen-bond donors (Lipinski definition) is 0. The second kappa shape index (κ2) is 6.85. The van der Waals surface area contributed by atoms with Gasteiger partial charge in [0.2, 0.25) is 0 Å². The molecule has 0 heterocycles. The van der Waals surface area contributed by atoms with E-state index in [1.807, 2.05) is 0 Å². The van der Waals surface area contributed by atoms with Crippen LogP contribution in [0.1, 0.15) is 30.7 Å². The summed E-state index contributed by atoms with van der Waals surface area (Å²) in [7, 11) is 2.36. The van der Waals surface area contributed by atoms with E-state index in [2.05, 4.69) is 90.9 Å². The summed E-state index contributed by atoms with van der Waals surface area (Å²) in [6.45, 7) is 0. The van der Waals surface area contributed by atoms with Crippen LogP contribution in [0.3, 0.4) is 0 Å². The molecule has 0 N–H and O–H groups in total. The van der Waals surface area contributed by atoms with Gasteiger partial charge in [-0.25, -0.2) is 0 Å². The second-order valence-electron chi connectivity index (χ2n) is 7.87. The van der Waals surface area contributed by atoms with Crippen LogP contribution < -0.4 is 0 Å². The van der Waals surface area contributed by atoms with Crippen LogP contribution in [0.25, 0.3) is 12.2 Å². The molecule has 0 amide bonds. The summed E-state index contributed by atoms with van der Waals surface area (Å²) in [6.07, 6.45) is 9.66. The van der Waals surface area contributed by atoms with Gasteiger partial charge in [0.15, 0.2) is 0 Å². The van der Waals surface area contributed by atoms with Gasteiger partial charge < -0.3 is 0 Å². The van der Waals surface area contributed by atoms with Crippen molar-refractivity contribution in [3.8, 4) is 0 Å². The molecule has 0 saturated heterocycles. The molecule has 0 bridgehead atoms. The van der Waals surface area contributed by atoms with Gasteiger partial charge in [0.05, 0.1) is 0 Å². The summed E-state index contributed by atoms with van der Waals surface area (Å²) in [5.41, 5.74) is 5.96. The Kier molecular flexibility index (Phi) is 5.74. The first kappa shape index (κ1) is 20.1. The van der Waals surface area contributed by atoms with Crippen LogP contribution in [0.4, 0.5) is 0 Å². The van der Waals surface area contributed by atoms with Crippen molar-refractivity contribution in [1.29, 1.82) is 0 Å². The van der Waals surface area contributed by atoms with Gasteiger partial charge in [0.1, 0.15) is 0 Å². The molecule has 0 aromatic heterocycles. The van der Waals surface area contributed by atoms with Gasteiger partial charge in [0, 0.05) is 0 Å². The summed E-state index contributed by atoms with van der Waals surface area (Å²) in [4.78, 5) is 0. The summed E-state index contributed by atoms with van der Waals surface area (Å²) in [6, 6.07) is 17.9. The zero-order valence-corrected chi connectivity index (χ0v) is 20.5. The van der Waals surface area contributed by atoms with E-state index in [0.29, 0.717) is 8.45 Å². The Hall–Kier alpha value is -0.189. The maximum absolute atomic E-state index is 2.78. The van der Waals surface area contributed by atoms with E-state index in [0.717, 1.165) is 0 Å². The predicted octanol–water partition coefficient (Wildman–Crippen LogP) is 6.01. The average Bonchev–Trinajstić information content (AvgIpc) is 3.12. The number of rotatable bonds is 2. The molecule has 4 rings (SSSR count). The number of allylic oxidation sites excluding steroid dienone is 2. The fourth-order valence-electron chi connectivity index (χ4n) is 4.35. The van der Waals surface area contributed by atoms with Crippen molar-refractivity contribution in [2.45, 2.75) is 18.9 Å². The van der Waals surface area contributed by atoms with Gasteiger partial charge >= 0.3 is 136 Å². The Balaban J connectivity index is 0.00000104. The van der Waals surface area contributed by atoms with Crippen molar-refractivity contribution < 1.29 is 14.0 Å². The molecule has 2 unspecified atom stereocenters. The fourth-order valence-corrected chi connectivity index (χ4v) is 14.2. The van der Waals surface area contributed by atoms with Crippen LogP contribution in [0, 0.1) is 0 Å². The molecule has 2 aromatic rings. The number of benzene rings is 2. The number of hydrogen-bond acceptors (Lipinski definition) is 0. The van der Waals surface area contributed by atoms with E-state index >= 15 is 0 Å². The Labute approximate surface area is 168 Å². The molecule has 2 aliphatic carbocycles. The Morgan fingerprint density at radius 1 is 0.708 bits per heavy atom. The minimum atomic E-state index is -2.78. The third-order valence-corrected chi connectivity index (χ3v) is 17.2. The molecule has 0 fully saturated rings. The molecular formula is C20H24Br2SiTi. The molecule has 0 saturated carbocycles. The molecule has 2 aliphatic rings. The summed E-state index contributed by atoms with van der Waals surface area (Å²) >= 11 is -2.78. The Bertz CT molecular complexity index is 825. The first-order valence-corrected chi connectivity index (χ1v) is 17.0. The van der Waals surface area contributed by atoms with Gasteiger partial charge in [0.25, 0.3) is 0 Å². The van der Waals surface area contributed by atoms with Crippen LogP contribution >= 0.6 is 34.0 Å². The first-order valence-electron chi connectivity index (χ1n) is 8.07. The monoisotopic (exact) mass is 498 g/mol. The van der Waals surface area contributed by atoms with Crippen LogP contribution in [0.15, 0.2) is 60.7 Å².